The van der Waals surface area contributed by atoms with Crippen LogP contribution in [-0.4, -0.2) is 44.5 Å². The molecule has 0 aromatic heterocycles. The van der Waals surface area contributed by atoms with E-state index in [0.717, 1.165) is 24.0 Å². The summed E-state index contributed by atoms with van der Waals surface area (Å²) in [5.74, 6) is -0.152. The fourth-order valence-electron chi connectivity index (χ4n) is 2.77. The highest BCUT2D eigenvalue weighted by Crippen LogP contribution is 2.10. The fourth-order valence-corrected chi connectivity index (χ4v) is 3.04. The van der Waals surface area contributed by atoms with Crippen LogP contribution in [0.25, 0.3) is 0 Å². The molecule has 1 saturated heterocycles. The molecule has 0 spiro atoms. The topological polar surface area (TPSA) is 62.6 Å². The van der Waals surface area contributed by atoms with E-state index >= 15 is 0 Å². The van der Waals surface area contributed by atoms with Crippen molar-refractivity contribution in [1.29, 1.82) is 0 Å². The maximum atomic E-state index is 11.9. The van der Waals surface area contributed by atoms with Crippen LogP contribution in [0.4, 0.5) is 0 Å². The zero-order valence-corrected chi connectivity index (χ0v) is 15.0. The second-order valence-corrected chi connectivity index (χ2v) is 6.84. The molecule has 2 rings (SSSR count). The molecule has 0 saturated carbocycles. The maximum absolute atomic E-state index is 11.9. The number of rotatable bonds is 8. The number of hydrogen-bond donors (Lipinski definition) is 3. The lowest BCUT2D eigenvalue weighted by Gasteiger charge is -2.12. The summed E-state index contributed by atoms with van der Waals surface area (Å²) in [4.78, 5) is 25.3. The van der Waals surface area contributed by atoms with Crippen molar-refractivity contribution in [2.24, 2.45) is 0 Å². The Morgan fingerprint density at radius 2 is 1.74 bits per heavy atom. The van der Waals surface area contributed by atoms with Gasteiger partial charge >= 0.3 is 0 Å². The van der Waals surface area contributed by atoms with Crippen LogP contribution in [0.2, 0.25) is 0 Å². The van der Waals surface area contributed by atoms with Gasteiger partial charge < -0.3 is 15.5 Å². The molecule has 1 aromatic rings. The zero-order chi connectivity index (χ0) is 16.5. The lowest BCUT2D eigenvalue weighted by Crippen LogP contribution is -3.10. The quantitative estimate of drug-likeness (QED) is 0.581. The molecule has 1 aliphatic heterocycles. The average Bonchev–Trinajstić information content (AvgIpc) is 3.05. The van der Waals surface area contributed by atoms with Crippen molar-refractivity contribution in [3.05, 3.63) is 34.3 Å². The number of carbonyl (C=O) groups is 2. The monoisotopic (exact) mass is 382 g/mol. The molecule has 126 valence electrons. The van der Waals surface area contributed by atoms with E-state index in [1.807, 2.05) is 12.1 Å². The normalized spacial score (nSPS) is 14.7. The number of amides is 2. The van der Waals surface area contributed by atoms with Gasteiger partial charge in [-0.1, -0.05) is 15.9 Å². The molecular formula is C17H25BrN3O2+. The van der Waals surface area contributed by atoms with E-state index in [9.17, 15) is 9.59 Å². The lowest BCUT2D eigenvalue weighted by atomic mass is 10.2. The average molecular weight is 383 g/mol. The van der Waals surface area contributed by atoms with Gasteiger partial charge in [0.25, 0.3) is 5.91 Å². The summed E-state index contributed by atoms with van der Waals surface area (Å²) >= 11 is 3.33. The zero-order valence-electron chi connectivity index (χ0n) is 13.4. The Hall–Kier alpha value is -1.40. The number of hydrogen-bond acceptors (Lipinski definition) is 2. The summed E-state index contributed by atoms with van der Waals surface area (Å²) in [5.41, 5.74) is 0.599. The molecule has 1 heterocycles. The minimum atomic E-state index is -0.150. The highest BCUT2D eigenvalue weighted by atomic mass is 79.9. The Labute approximate surface area is 145 Å². The van der Waals surface area contributed by atoms with Gasteiger partial charge in [0, 0.05) is 48.8 Å². The molecule has 0 aliphatic carbocycles. The van der Waals surface area contributed by atoms with Crippen LogP contribution >= 0.6 is 15.9 Å². The van der Waals surface area contributed by atoms with Crippen molar-refractivity contribution >= 4 is 27.7 Å². The van der Waals surface area contributed by atoms with Crippen LogP contribution in [-0.2, 0) is 4.79 Å². The van der Waals surface area contributed by atoms with E-state index in [1.165, 1.54) is 25.9 Å². The van der Waals surface area contributed by atoms with Crippen LogP contribution in [0.1, 0.15) is 36.0 Å². The number of nitrogens with one attached hydrogen (secondary N) is 3. The number of carbonyl (C=O) groups excluding carboxylic acids is 2. The minimum absolute atomic E-state index is 0.00229. The summed E-state index contributed by atoms with van der Waals surface area (Å²) in [7, 11) is 0. The van der Waals surface area contributed by atoms with Crippen molar-refractivity contribution in [2.75, 3.05) is 32.7 Å². The van der Waals surface area contributed by atoms with Gasteiger partial charge in [-0.15, -0.1) is 0 Å². The molecule has 2 amide bonds. The molecule has 5 nitrogen and oxygen atoms in total. The highest BCUT2D eigenvalue weighted by Gasteiger charge is 2.14. The van der Waals surface area contributed by atoms with Crippen LogP contribution in [0, 0.1) is 0 Å². The Balaban J connectivity index is 1.53. The van der Waals surface area contributed by atoms with Gasteiger partial charge in [0.2, 0.25) is 5.91 Å². The molecule has 0 radical (unpaired) electrons. The first-order chi connectivity index (χ1) is 11.1. The van der Waals surface area contributed by atoms with Gasteiger partial charge in [0.1, 0.15) is 0 Å². The van der Waals surface area contributed by atoms with E-state index < -0.39 is 0 Å². The first-order valence-electron chi connectivity index (χ1n) is 8.29. The van der Waals surface area contributed by atoms with Crippen LogP contribution in [0.3, 0.4) is 0 Å². The van der Waals surface area contributed by atoms with Gasteiger partial charge in [-0.2, -0.15) is 0 Å². The van der Waals surface area contributed by atoms with Gasteiger partial charge in [-0.3, -0.25) is 9.59 Å². The molecule has 1 fully saturated rings. The van der Waals surface area contributed by atoms with E-state index in [-0.39, 0.29) is 11.8 Å². The Kier molecular flexibility index (Phi) is 7.55. The molecule has 6 heteroatoms. The molecule has 0 bridgehead atoms. The fraction of sp³-hybridized carbons (Fsp3) is 0.529. The van der Waals surface area contributed by atoms with Gasteiger partial charge in [-0.25, -0.2) is 0 Å². The van der Waals surface area contributed by atoms with E-state index in [4.69, 9.17) is 0 Å². The summed E-state index contributed by atoms with van der Waals surface area (Å²) in [6, 6.07) is 7.15. The maximum Gasteiger partial charge on any atom is 0.251 e. The molecular weight excluding hydrogens is 358 g/mol. The molecule has 0 atom stereocenters. The number of quaternary nitrogens is 1. The van der Waals surface area contributed by atoms with E-state index in [2.05, 4.69) is 26.6 Å². The molecule has 1 aliphatic rings. The minimum Gasteiger partial charge on any atom is -0.356 e. The summed E-state index contributed by atoms with van der Waals surface area (Å²) < 4.78 is 0.934. The van der Waals surface area contributed by atoms with Crippen LogP contribution in [0.15, 0.2) is 28.7 Å². The van der Waals surface area contributed by atoms with Gasteiger partial charge in [0.05, 0.1) is 19.6 Å². The SMILES string of the molecule is O=C(CCNC(=O)c1ccc(Br)cc1)NCCC[NH+]1CCCC1. The van der Waals surface area contributed by atoms with Gasteiger partial charge in [-0.05, 0) is 24.3 Å². The molecule has 3 N–H and O–H groups in total. The first-order valence-corrected chi connectivity index (χ1v) is 9.08. The van der Waals surface area contributed by atoms with Crippen molar-refractivity contribution in [1.82, 2.24) is 10.6 Å². The first kappa shape index (κ1) is 17.9. The molecule has 23 heavy (non-hydrogen) atoms. The highest BCUT2D eigenvalue weighted by molar-refractivity contribution is 9.10. The third-order valence-electron chi connectivity index (χ3n) is 4.08. The smallest absolute Gasteiger partial charge is 0.251 e. The Morgan fingerprint density at radius 3 is 2.43 bits per heavy atom. The second kappa shape index (κ2) is 9.67. The summed E-state index contributed by atoms with van der Waals surface area (Å²) in [6.07, 6.45) is 4.00. The van der Waals surface area contributed by atoms with E-state index in [0.29, 0.717) is 18.5 Å². The van der Waals surface area contributed by atoms with Crippen molar-refractivity contribution in [3.63, 3.8) is 0 Å². The third-order valence-corrected chi connectivity index (χ3v) is 4.61. The van der Waals surface area contributed by atoms with Gasteiger partial charge in [0.15, 0.2) is 0 Å². The lowest BCUT2D eigenvalue weighted by molar-refractivity contribution is -0.887. The standard InChI is InChI=1S/C17H24BrN3O2/c18-15-6-4-14(5-7-15)17(23)20-10-8-16(22)19-9-3-13-21-11-1-2-12-21/h4-7H,1-3,8-13H2,(H,19,22)(H,20,23)/p+1. The number of benzene rings is 1. The summed E-state index contributed by atoms with van der Waals surface area (Å²) in [5, 5.41) is 5.68. The van der Waals surface area contributed by atoms with Crippen LogP contribution < -0.4 is 15.5 Å². The number of likely N-dealkylation sites (tertiary alicyclic amines) is 1. The van der Waals surface area contributed by atoms with Crippen molar-refractivity contribution in [3.8, 4) is 0 Å². The Morgan fingerprint density at radius 1 is 1.04 bits per heavy atom. The Bertz CT molecular complexity index is 513. The predicted octanol–water partition coefficient (Wildman–Crippen LogP) is 0.754. The van der Waals surface area contributed by atoms with Crippen molar-refractivity contribution < 1.29 is 14.5 Å². The third kappa shape index (κ3) is 6.71. The second-order valence-electron chi connectivity index (χ2n) is 5.92. The predicted molar refractivity (Wildman–Crippen MR) is 93.5 cm³/mol. The summed E-state index contributed by atoms with van der Waals surface area (Å²) in [6.45, 7) is 4.77. The largest absolute Gasteiger partial charge is 0.356 e. The molecule has 0 unspecified atom stereocenters. The number of halogens is 1. The molecule has 1 aromatic carbocycles. The van der Waals surface area contributed by atoms with Crippen molar-refractivity contribution in [2.45, 2.75) is 25.7 Å². The van der Waals surface area contributed by atoms with Crippen LogP contribution in [0.5, 0.6) is 0 Å². The van der Waals surface area contributed by atoms with E-state index in [1.54, 1.807) is 17.0 Å².